The van der Waals surface area contributed by atoms with Crippen LogP contribution < -0.4 is 5.32 Å². The van der Waals surface area contributed by atoms with Gasteiger partial charge in [0.1, 0.15) is 0 Å². The highest BCUT2D eigenvalue weighted by Gasteiger charge is 2.22. The van der Waals surface area contributed by atoms with Crippen LogP contribution in [0.1, 0.15) is 31.2 Å². The van der Waals surface area contributed by atoms with Crippen LogP contribution in [0, 0.1) is 5.92 Å². The lowest BCUT2D eigenvalue weighted by atomic mass is 10.0. The number of hydrogen-bond donors (Lipinski definition) is 2. The molecule has 1 unspecified atom stereocenters. The molecule has 3 heteroatoms. The zero-order chi connectivity index (χ0) is 12.8. The van der Waals surface area contributed by atoms with E-state index in [1.165, 1.54) is 36.1 Å². The maximum atomic E-state index is 10.0. The summed E-state index contributed by atoms with van der Waals surface area (Å²) in [6.45, 7) is 1.56. The third-order valence-electron chi connectivity index (χ3n) is 3.79. The van der Waals surface area contributed by atoms with Gasteiger partial charge in [-0.3, -0.25) is 0 Å². The van der Waals surface area contributed by atoms with E-state index in [1.807, 2.05) is 0 Å². The third-order valence-corrected chi connectivity index (χ3v) is 4.53. The first kappa shape index (κ1) is 13.9. The molecule has 18 heavy (non-hydrogen) atoms. The highest BCUT2D eigenvalue weighted by Crippen LogP contribution is 2.27. The van der Waals surface area contributed by atoms with E-state index >= 15 is 0 Å². The first-order valence-electron chi connectivity index (χ1n) is 6.81. The molecule has 0 aliphatic heterocycles. The van der Waals surface area contributed by atoms with Crippen molar-refractivity contribution in [3.8, 4) is 0 Å². The number of thioether (sulfide) groups is 1. The van der Waals surface area contributed by atoms with Crippen LogP contribution in [-0.4, -0.2) is 24.0 Å². The molecule has 0 bridgehead atoms. The monoisotopic (exact) mass is 265 g/mol. The molecule has 0 spiro atoms. The summed E-state index contributed by atoms with van der Waals surface area (Å²) in [6, 6.07) is 8.60. The van der Waals surface area contributed by atoms with Crippen molar-refractivity contribution in [2.24, 2.45) is 5.92 Å². The molecule has 1 saturated carbocycles. The van der Waals surface area contributed by atoms with E-state index in [1.54, 1.807) is 11.8 Å². The van der Waals surface area contributed by atoms with E-state index in [2.05, 4.69) is 35.8 Å². The number of aliphatic hydroxyl groups is 1. The summed E-state index contributed by atoms with van der Waals surface area (Å²) in [7, 11) is 0. The fourth-order valence-corrected chi connectivity index (χ4v) is 3.02. The molecule has 2 nitrogen and oxygen atoms in total. The van der Waals surface area contributed by atoms with Crippen LogP contribution in [0.4, 0.5) is 0 Å². The van der Waals surface area contributed by atoms with Gasteiger partial charge in [0.2, 0.25) is 0 Å². The molecule has 2 rings (SSSR count). The lowest BCUT2D eigenvalue weighted by Crippen LogP contribution is -2.31. The second kappa shape index (κ2) is 7.17. The van der Waals surface area contributed by atoms with Crippen molar-refractivity contribution in [3.05, 3.63) is 29.8 Å². The van der Waals surface area contributed by atoms with Crippen molar-refractivity contribution in [2.75, 3.05) is 12.8 Å². The standard InChI is InChI=1S/C15H23NOS/c1-18-14-8-6-12(7-9-14)10-16-11-15(17)13-4-2-3-5-13/h6-9,13,15-17H,2-5,10-11H2,1H3. The Kier molecular flexibility index (Phi) is 5.54. The Morgan fingerprint density at radius 3 is 2.56 bits per heavy atom. The molecule has 1 aromatic rings. The van der Waals surface area contributed by atoms with Gasteiger partial charge in [0.15, 0.2) is 0 Å². The Morgan fingerprint density at radius 2 is 1.94 bits per heavy atom. The highest BCUT2D eigenvalue weighted by atomic mass is 32.2. The Labute approximate surface area is 114 Å². The SMILES string of the molecule is CSc1ccc(CNCC(O)C2CCCC2)cc1. The van der Waals surface area contributed by atoms with Crippen molar-refractivity contribution in [1.29, 1.82) is 0 Å². The quantitative estimate of drug-likeness (QED) is 0.775. The van der Waals surface area contributed by atoms with Gasteiger partial charge in [-0.25, -0.2) is 0 Å². The number of rotatable bonds is 6. The molecule has 100 valence electrons. The van der Waals surface area contributed by atoms with Gasteiger partial charge in [0, 0.05) is 18.0 Å². The Balaban J connectivity index is 1.70. The van der Waals surface area contributed by atoms with E-state index in [4.69, 9.17) is 0 Å². The number of nitrogens with one attached hydrogen (secondary N) is 1. The summed E-state index contributed by atoms with van der Waals surface area (Å²) in [5.74, 6) is 0.524. The van der Waals surface area contributed by atoms with Crippen LogP contribution in [0.5, 0.6) is 0 Å². The maximum absolute atomic E-state index is 10.0. The van der Waals surface area contributed by atoms with Crippen molar-refractivity contribution in [3.63, 3.8) is 0 Å². The van der Waals surface area contributed by atoms with E-state index in [0.717, 1.165) is 13.1 Å². The predicted octanol–water partition coefficient (Wildman–Crippen LogP) is 3.05. The summed E-state index contributed by atoms with van der Waals surface area (Å²) >= 11 is 1.76. The lowest BCUT2D eigenvalue weighted by Gasteiger charge is -2.18. The first-order valence-corrected chi connectivity index (χ1v) is 8.04. The van der Waals surface area contributed by atoms with Gasteiger partial charge in [-0.2, -0.15) is 0 Å². The van der Waals surface area contributed by atoms with Crippen LogP contribution in [0.3, 0.4) is 0 Å². The average Bonchev–Trinajstić information content (AvgIpc) is 2.93. The Hall–Kier alpha value is -0.510. The van der Waals surface area contributed by atoms with Crippen molar-refractivity contribution >= 4 is 11.8 Å². The maximum Gasteiger partial charge on any atom is 0.0692 e. The molecule has 1 aromatic carbocycles. The molecule has 1 atom stereocenters. The molecular formula is C15H23NOS. The van der Waals surface area contributed by atoms with E-state index in [9.17, 15) is 5.11 Å². The molecular weight excluding hydrogens is 242 g/mol. The minimum absolute atomic E-state index is 0.169. The summed E-state index contributed by atoms with van der Waals surface area (Å²) in [6.07, 6.45) is 6.90. The molecule has 0 amide bonds. The van der Waals surface area contributed by atoms with Crippen LogP contribution in [0.25, 0.3) is 0 Å². The fraction of sp³-hybridized carbons (Fsp3) is 0.600. The third kappa shape index (κ3) is 4.01. The van der Waals surface area contributed by atoms with E-state index < -0.39 is 0 Å². The molecule has 1 aliphatic rings. The normalized spacial score (nSPS) is 18.1. The average molecular weight is 265 g/mol. The summed E-state index contributed by atoms with van der Waals surface area (Å²) < 4.78 is 0. The zero-order valence-electron chi connectivity index (χ0n) is 11.1. The van der Waals surface area contributed by atoms with Crippen molar-refractivity contribution in [2.45, 2.75) is 43.2 Å². The van der Waals surface area contributed by atoms with Gasteiger partial charge in [0.25, 0.3) is 0 Å². The van der Waals surface area contributed by atoms with Crippen LogP contribution in [0.15, 0.2) is 29.2 Å². The topological polar surface area (TPSA) is 32.3 Å². The fourth-order valence-electron chi connectivity index (χ4n) is 2.62. The summed E-state index contributed by atoms with van der Waals surface area (Å²) in [4.78, 5) is 1.30. The zero-order valence-corrected chi connectivity index (χ0v) is 11.9. The van der Waals surface area contributed by atoms with Crippen LogP contribution in [0.2, 0.25) is 0 Å². The molecule has 0 aromatic heterocycles. The second-order valence-corrected chi connectivity index (χ2v) is 5.97. The van der Waals surface area contributed by atoms with Crippen LogP contribution >= 0.6 is 11.8 Å². The van der Waals surface area contributed by atoms with Gasteiger partial charge in [-0.15, -0.1) is 11.8 Å². The summed E-state index contributed by atoms with van der Waals surface area (Å²) in [5, 5.41) is 13.4. The van der Waals surface area contributed by atoms with Crippen molar-refractivity contribution < 1.29 is 5.11 Å². The van der Waals surface area contributed by atoms with Gasteiger partial charge >= 0.3 is 0 Å². The number of hydrogen-bond acceptors (Lipinski definition) is 3. The first-order chi connectivity index (χ1) is 8.79. The molecule has 1 aliphatic carbocycles. The molecule has 0 radical (unpaired) electrons. The van der Waals surface area contributed by atoms with Gasteiger partial charge in [-0.1, -0.05) is 25.0 Å². The number of benzene rings is 1. The summed E-state index contributed by atoms with van der Waals surface area (Å²) in [5.41, 5.74) is 1.28. The predicted molar refractivity (Wildman–Crippen MR) is 77.9 cm³/mol. The smallest absolute Gasteiger partial charge is 0.0692 e. The minimum Gasteiger partial charge on any atom is -0.392 e. The van der Waals surface area contributed by atoms with E-state index in [0.29, 0.717) is 5.92 Å². The molecule has 2 N–H and O–H groups in total. The molecule has 0 saturated heterocycles. The van der Waals surface area contributed by atoms with Gasteiger partial charge in [0.05, 0.1) is 6.10 Å². The Morgan fingerprint density at radius 1 is 1.28 bits per heavy atom. The minimum atomic E-state index is -0.169. The van der Waals surface area contributed by atoms with Crippen molar-refractivity contribution in [1.82, 2.24) is 5.32 Å². The lowest BCUT2D eigenvalue weighted by molar-refractivity contribution is 0.109. The van der Waals surface area contributed by atoms with Crippen LogP contribution in [-0.2, 0) is 6.54 Å². The molecule has 1 fully saturated rings. The van der Waals surface area contributed by atoms with Gasteiger partial charge in [-0.05, 0) is 42.7 Å². The highest BCUT2D eigenvalue weighted by molar-refractivity contribution is 7.98. The van der Waals surface area contributed by atoms with E-state index in [-0.39, 0.29) is 6.10 Å². The largest absolute Gasteiger partial charge is 0.392 e. The second-order valence-electron chi connectivity index (χ2n) is 5.09. The number of aliphatic hydroxyl groups excluding tert-OH is 1. The van der Waals surface area contributed by atoms with Gasteiger partial charge < -0.3 is 10.4 Å². The molecule has 0 heterocycles. The Bertz CT molecular complexity index is 346.